The van der Waals surface area contributed by atoms with Crippen molar-refractivity contribution in [1.82, 2.24) is 24.6 Å². The number of benzene rings is 1. The Kier molecular flexibility index (Phi) is 6.77. The van der Waals surface area contributed by atoms with Crippen LogP contribution in [0.15, 0.2) is 42.7 Å². The molecule has 0 spiro atoms. The van der Waals surface area contributed by atoms with E-state index in [1.54, 1.807) is 6.20 Å². The topological polar surface area (TPSA) is 85.2 Å². The zero-order valence-electron chi connectivity index (χ0n) is 21.6. The summed E-state index contributed by atoms with van der Waals surface area (Å²) in [7, 11) is 0. The van der Waals surface area contributed by atoms with Crippen molar-refractivity contribution in [3.05, 3.63) is 64.6 Å². The predicted octanol–water partition coefficient (Wildman–Crippen LogP) is 5.38. The minimum absolute atomic E-state index is 0.136. The fraction of sp³-hybridized carbons (Fsp3) is 0.357. The molecule has 2 atom stereocenters. The summed E-state index contributed by atoms with van der Waals surface area (Å²) in [6.07, 6.45) is 5.60. The number of anilines is 1. The standard InChI is InChI=1S/C28H29ClN6O2S/c1-16-13-34(14-17(2)37-16)15-19-6-9-24(22(29)11-19)35-26-21(25(33-35)20-5-4-10-30-12-20)7-8-23-27(26)38-28(32-23)31-18(3)36/h4-6,9-12,16-17H,7-8,13-15H2,1-3H3,(H,31,32,36)/t16-,17+. The number of carbonyl (C=O) groups excluding carboxylic acids is 1. The third-order valence-electron chi connectivity index (χ3n) is 6.87. The van der Waals surface area contributed by atoms with Crippen LogP contribution in [0.3, 0.4) is 0 Å². The second-order valence-corrected chi connectivity index (χ2v) is 11.4. The molecule has 0 unspecified atom stereocenters. The van der Waals surface area contributed by atoms with E-state index in [4.69, 9.17) is 26.4 Å². The number of nitrogens with zero attached hydrogens (tertiary/aromatic N) is 5. The molecule has 8 nitrogen and oxygen atoms in total. The number of fused-ring (bicyclic) bond motifs is 3. The minimum Gasteiger partial charge on any atom is -0.373 e. The van der Waals surface area contributed by atoms with Crippen LogP contribution < -0.4 is 5.32 Å². The number of morpholine rings is 1. The molecule has 1 amide bonds. The molecule has 2 aliphatic rings. The smallest absolute Gasteiger partial charge is 0.223 e. The Labute approximate surface area is 230 Å². The van der Waals surface area contributed by atoms with Crippen molar-refractivity contribution < 1.29 is 9.53 Å². The highest BCUT2D eigenvalue weighted by Crippen LogP contribution is 2.44. The van der Waals surface area contributed by atoms with Crippen LogP contribution in [0, 0.1) is 0 Å². The molecule has 1 N–H and O–H groups in total. The average Bonchev–Trinajstić information content (AvgIpc) is 3.44. The van der Waals surface area contributed by atoms with Crippen molar-refractivity contribution in [1.29, 1.82) is 0 Å². The molecule has 1 fully saturated rings. The van der Waals surface area contributed by atoms with E-state index in [1.807, 2.05) is 29.1 Å². The van der Waals surface area contributed by atoms with Gasteiger partial charge in [0.1, 0.15) is 0 Å². The van der Waals surface area contributed by atoms with Crippen LogP contribution >= 0.6 is 22.9 Å². The Morgan fingerprint density at radius 1 is 1.21 bits per heavy atom. The summed E-state index contributed by atoms with van der Waals surface area (Å²) in [4.78, 5) is 24.2. The summed E-state index contributed by atoms with van der Waals surface area (Å²) in [5.74, 6) is -0.136. The highest BCUT2D eigenvalue weighted by atomic mass is 35.5. The lowest BCUT2D eigenvalue weighted by Gasteiger charge is -2.35. The molecular formula is C28H29ClN6O2S. The van der Waals surface area contributed by atoms with Gasteiger partial charge in [-0.25, -0.2) is 9.67 Å². The summed E-state index contributed by atoms with van der Waals surface area (Å²) in [5, 5.41) is 9.16. The Balaban J connectivity index is 1.42. The highest BCUT2D eigenvalue weighted by Gasteiger charge is 2.30. The molecule has 0 bridgehead atoms. The molecule has 3 aromatic heterocycles. The SMILES string of the molecule is CC(=O)Nc1nc2c(s1)-c1c(c(-c3cccnc3)nn1-c1ccc(CN3C[C@@H](C)O[C@@H](C)C3)cc1Cl)CC2. The quantitative estimate of drug-likeness (QED) is 0.360. The van der Waals surface area contributed by atoms with Crippen molar-refractivity contribution in [3.8, 4) is 27.5 Å². The van der Waals surface area contributed by atoms with Gasteiger partial charge in [0.2, 0.25) is 5.91 Å². The van der Waals surface area contributed by atoms with E-state index in [0.717, 1.165) is 76.8 Å². The third kappa shape index (κ3) is 4.87. The first-order valence-electron chi connectivity index (χ1n) is 12.8. The molecule has 1 saturated heterocycles. The molecule has 4 heterocycles. The number of nitrogens with one attached hydrogen (secondary N) is 1. The van der Waals surface area contributed by atoms with E-state index < -0.39 is 0 Å². The lowest BCUT2D eigenvalue weighted by molar-refractivity contribution is -0.114. The number of carbonyl (C=O) groups is 1. The molecule has 1 aliphatic heterocycles. The molecule has 4 aromatic rings. The molecule has 1 aromatic carbocycles. The average molecular weight is 549 g/mol. The number of hydrogen-bond acceptors (Lipinski definition) is 7. The molecular weight excluding hydrogens is 520 g/mol. The number of thiazole rings is 1. The first kappa shape index (κ1) is 25.2. The summed E-state index contributed by atoms with van der Waals surface area (Å²) >= 11 is 8.43. The molecule has 0 saturated carbocycles. The second-order valence-electron chi connectivity index (χ2n) is 10.0. The largest absolute Gasteiger partial charge is 0.373 e. The minimum atomic E-state index is -0.136. The summed E-state index contributed by atoms with van der Waals surface area (Å²) in [6.45, 7) is 8.34. The van der Waals surface area contributed by atoms with Gasteiger partial charge in [-0.05, 0) is 56.5 Å². The zero-order chi connectivity index (χ0) is 26.4. The van der Waals surface area contributed by atoms with Gasteiger partial charge in [-0.2, -0.15) is 5.10 Å². The second kappa shape index (κ2) is 10.2. The molecule has 1 aliphatic carbocycles. The monoisotopic (exact) mass is 548 g/mol. The molecule has 6 rings (SSSR count). The van der Waals surface area contributed by atoms with Crippen molar-refractivity contribution in [2.75, 3.05) is 18.4 Å². The number of halogens is 1. The van der Waals surface area contributed by atoms with Crippen molar-refractivity contribution >= 4 is 34.0 Å². The van der Waals surface area contributed by atoms with Crippen LogP contribution in [0.25, 0.3) is 27.5 Å². The predicted molar refractivity (Wildman–Crippen MR) is 150 cm³/mol. The lowest BCUT2D eigenvalue weighted by atomic mass is 9.95. The van der Waals surface area contributed by atoms with Gasteiger partial charge in [-0.1, -0.05) is 29.0 Å². The number of pyridine rings is 1. The zero-order valence-corrected chi connectivity index (χ0v) is 23.1. The molecule has 0 radical (unpaired) electrons. The first-order valence-corrected chi connectivity index (χ1v) is 14.0. The van der Waals surface area contributed by atoms with Crippen LogP contribution in [-0.2, 0) is 28.9 Å². The molecule has 38 heavy (non-hydrogen) atoms. The number of hydrogen-bond donors (Lipinski definition) is 1. The number of aryl methyl sites for hydroxylation is 1. The van der Waals surface area contributed by atoms with Gasteiger partial charge in [-0.3, -0.25) is 14.7 Å². The lowest BCUT2D eigenvalue weighted by Crippen LogP contribution is -2.44. The number of amides is 1. The maximum absolute atomic E-state index is 11.7. The van der Waals surface area contributed by atoms with Crippen LogP contribution in [-0.4, -0.2) is 55.9 Å². The van der Waals surface area contributed by atoms with E-state index in [9.17, 15) is 4.79 Å². The fourth-order valence-electron chi connectivity index (χ4n) is 5.48. The Morgan fingerprint density at radius 3 is 2.74 bits per heavy atom. The highest BCUT2D eigenvalue weighted by molar-refractivity contribution is 7.19. The van der Waals surface area contributed by atoms with Crippen molar-refractivity contribution in [3.63, 3.8) is 0 Å². The van der Waals surface area contributed by atoms with Crippen LogP contribution in [0.5, 0.6) is 0 Å². The van der Waals surface area contributed by atoms with E-state index in [0.29, 0.717) is 10.2 Å². The van der Waals surface area contributed by atoms with Crippen LogP contribution in [0.2, 0.25) is 5.02 Å². The molecule has 10 heteroatoms. The summed E-state index contributed by atoms with van der Waals surface area (Å²) < 4.78 is 7.83. The van der Waals surface area contributed by atoms with Gasteiger partial charge >= 0.3 is 0 Å². The van der Waals surface area contributed by atoms with Gasteiger partial charge in [0.05, 0.1) is 44.9 Å². The van der Waals surface area contributed by atoms with Gasteiger partial charge in [0.15, 0.2) is 5.13 Å². The van der Waals surface area contributed by atoms with Gasteiger partial charge in [0, 0.05) is 50.1 Å². The van der Waals surface area contributed by atoms with E-state index in [1.165, 1.54) is 18.3 Å². The summed E-state index contributed by atoms with van der Waals surface area (Å²) in [5.41, 5.74) is 6.90. The van der Waals surface area contributed by atoms with Gasteiger partial charge in [-0.15, -0.1) is 0 Å². The summed E-state index contributed by atoms with van der Waals surface area (Å²) in [6, 6.07) is 10.2. The maximum atomic E-state index is 11.7. The number of aromatic nitrogens is 4. The van der Waals surface area contributed by atoms with Crippen LogP contribution in [0.1, 0.15) is 37.6 Å². The van der Waals surface area contributed by atoms with E-state index in [2.05, 4.69) is 41.2 Å². The fourth-order valence-corrected chi connectivity index (χ4v) is 6.87. The van der Waals surface area contributed by atoms with Crippen molar-refractivity contribution in [2.45, 2.75) is 52.4 Å². The van der Waals surface area contributed by atoms with E-state index >= 15 is 0 Å². The first-order chi connectivity index (χ1) is 18.4. The third-order valence-corrected chi connectivity index (χ3v) is 8.19. The number of ether oxygens (including phenoxy) is 1. The Bertz CT molecular complexity index is 1490. The van der Waals surface area contributed by atoms with E-state index in [-0.39, 0.29) is 18.1 Å². The molecule has 196 valence electrons. The Morgan fingerprint density at radius 2 is 2.03 bits per heavy atom. The van der Waals surface area contributed by atoms with Gasteiger partial charge < -0.3 is 10.1 Å². The van der Waals surface area contributed by atoms with Gasteiger partial charge in [0.25, 0.3) is 0 Å². The van der Waals surface area contributed by atoms with Crippen molar-refractivity contribution in [2.24, 2.45) is 0 Å². The normalized spacial score (nSPS) is 19.2. The Hall–Kier alpha value is -3.11. The maximum Gasteiger partial charge on any atom is 0.223 e. The van der Waals surface area contributed by atoms with Crippen LogP contribution in [0.4, 0.5) is 5.13 Å². The number of rotatable bonds is 5.